The predicted octanol–water partition coefficient (Wildman–Crippen LogP) is 1.57. The van der Waals surface area contributed by atoms with Gasteiger partial charge < -0.3 is 5.11 Å². The van der Waals surface area contributed by atoms with Crippen LogP contribution < -0.4 is 0 Å². The summed E-state index contributed by atoms with van der Waals surface area (Å²) in [6, 6.07) is 0. The summed E-state index contributed by atoms with van der Waals surface area (Å²) < 4.78 is 0. The first-order chi connectivity index (χ1) is 7.66. The molecule has 1 fully saturated rings. The average molecular weight is 228 g/mol. The van der Waals surface area contributed by atoms with Crippen LogP contribution in [0, 0.1) is 0 Å². The summed E-state index contributed by atoms with van der Waals surface area (Å²) in [6.07, 6.45) is 3.80. The highest BCUT2D eigenvalue weighted by Gasteiger charge is 2.31. The second-order valence-corrected chi connectivity index (χ2v) is 5.15. The SMILES string of the molecule is CCCC(C)(CC)N1CCN(CCO)CC1. The summed E-state index contributed by atoms with van der Waals surface area (Å²) in [5.74, 6) is 0. The zero-order chi connectivity index (χ0) is 12.0. The van der Waals surface area contributed by atoms with E-state index in [0.29, 0.717) is 12.1 Å². The topological polar surface area (TPSA) is 26.7 Å². The van der Waals surface area contributed by atoms with Crippen LogP contribution in [0.15, 0.2) is 0 Å². The molecule has 0 aromatic heterocycles. The third-order valence-corrected chi connectivity index (χ3v) is 4.10. The van der Waals surface area contributed by atoms with E-state index in [1.807, 2.05) is 0 Å². The minimum atomic E-state index is 0.292. The molecule has 1 aliphatic heterocycles. The largest absolute Gasteiger partial charge is 0.395 e. The standard InChI is InChI=1S/C13H28N2O/c1-4-6-13(3,5-2)15-9-7-14(8-10-15)11-12-16/h16H,4-12H2,1-3H3. The Labute approximate surface area is 100 Å². The van der Waals surface area contributed by atoms with Gasteiger partial charge in [0.25, 0.3) is 0 Å². The first kappa shape index (κ1) is 13.9. The lowest BCUT2D eigenvalue weighted by Crippen LogP contribution is -2.55. The number of nitrogens with zero attached hydrogens (tertiary/aromatic N) is 2. The van der Waals surface area contributed by atoms with Crippen molar-refractivity contribution in [3.8, 4) is 0 Å². The smallest absolute Gasteiger partial charge is 0.0558 e. The fourth-order valence-corrected chi connectivity index (χ4v) is 2.75. The summed E-state index contributed by atoms with van der Waals surface area (Å²) in [4.78, 5) is 5.00. The van der Waals surface area contributed by atoms with Crippen LogP contribution in [-0.4, -0.2) is 59.8 Å². The van der Waals surface area contributed by atoms with Crippen LogP contribution in [0.1, 0.15) is 40.0 Å². The first-order valence-electron chi connectivity index (χ1n) is 6.74. The third-order valence-electron chi connectivity index (χ3n) is 4.10. The molecule has 0 radical (unpaired) electrons. The maximum Gasteiger partial charge on any atom is 0.0558 e. The van der Waals surface area contributed by atoms with Gasteiger partial charge in [0.05, 0.1) is 6.61 Å². The minimum Gasteiger partial charge on any atom is -0.395 e. The third kappa shape index (κ3) is 3.44. The van der Waals surface area contributed by atoms with Crippen molar-refractivity contribution in [1.82, 2.24) is 9.80 Å². The molecular weight excluding hydrogens is 200 g/mol. The zero-order valence-corrected chi connectivity index (χ0v) is 11.2. The Morgan fingerprint density at radius 1 is 1.12 bits per heavy atom. The second kappa shape index (κ2) is 6.58. The monoisotopic (exact) mass is 228 g/mol. The highest BCUT2D eigenvalue weighted by Crippen LogP contribution is 2.26. The van der Waals surface area contributed by atoms with E-state index in [4.69, 9.17) is 5.11 Å². The van der Waals surface area contributed by atoms with Crippen molar-refractivity contribution < 1.29 is 5.11 Å². The molecule has 1 N–H and O–H groups in total. The molecule has 0 spiro atoms. The van der Waals surface area contributed by atoms with Crippen molar-refractivity contribution >= 4 is 0 Å². The Hall–Kier alpha value is -0.120. The molecule has 0 aromatic carbocycles. The normalized spacial score (nSPS) is 23.2. The van der Waals surface area contributed by atoms with Crippen molar-refractivity contribution in [2.75, 3.05) is 39.3 Å². The van der Waals surface area contributed by atoms with E-state index in [9.17, 15) is 0 Å². The highest BCUT2D eigenvalue weighted by atomic mass is 16.3. The van der Waals surface area contributed by atoms with Crippen molar-refractivity contribution in [1.29, 1.82) is 0 Å². The van der Waals surface area contributed by atoms with E-state index in [2.05, 4.69) is 30.6 Å². The van der Waals surface area contributed by atoms with E-state index >= 15 is 0 Å². The molecule has 1 rings (SSSR count). The van der Waals surface area contributed by atoms with Crippen LogP contribution in [0.3, 0.4) is 0 Å². The Bertz CT molecular complexity index is 190. The average Bonchev–Trinajstić information content (AvgIpc) is 2.30. The van der Waals surface area contributed by atoms with Crippen LogP contribution >= 0.6 is 0 Å². The van der Waals surface area contributed by atoms with E-state index in [-0.39, 0.29) is 0 Å². The Morgan fingerprint density at radius 2 is 1.75 bits per heavy atom. The molecule has 0 bridgehead atoms. The summed E-state index contributed by atoms with van der Waals surface area (Å²) >= 11 is 0. The van der Waals surface area contributed by atoms with Gasteiger partial charge in [-0.25, -0.2) is 0 Å². The number of aliphatic hydroxyl groups is 1. The maximum atomic E-state index is 8.92. The molecule has 1 heterocycles. The summed E-state index contributed by atoms with van der Waals surface area (Å²) in [5, 5.41) is 8.92. The molecule has 0 amide bonds. The number of piperazine rings is 1. The summed E-state index contributed by atoms with van der Waals surface area (Å²) in [5.41, 5.74) is 0.389. The lowest BCUT2D eigenvalue weighted by molar-refractivity contribution is 0.0286. The molecule has 0 aromatic rings. The maximum absolute atomic E-state index is 8.92. The van der Waals surface area contributed by atoms with Crippen LogP contribution in [0.4, 0.5) is 0 Å². The highest BCUT2D eigenvalue weighted by molar-refractivity contribution is 4.87. The van der Waals surface area contributed by atoms with Gasteiger partial charge in [-0.15, -0.1) is 0 Å². The predicted molar refractivity (Wildman–Crippen MR) is 68.7 cm³/mol. The van der Waals surface area contributed by atoms with E-state index < -0.39 is 0 Å². The van der Waals surface area contributed by atoms with Gasteiger partial charge in [-0.05, 0) is 19.8 Å². The first-order valence-corrected chi connectivity index (χ1v) is 6.74. The van der Waals surface area contributed by atoms with E-state index in [1.165, 1.54) is 19.3 Å². The van der Waals surface area contributed by atoms with Gasteiger partial charge in [0.15, 0.2) is 0 Å². The van der Waals surface area contributed by atoms with Crippen molar-refractivity contribution in [3.63, 3.8) is 0 Å². The minimum absolute atomic E-state index is 0.292. The molecule has 1 unspecified atom stereocenters. The van der Waals surface area contributed by atoms with Gasteiger partial charge in [-0.3, -0.25) is 9.80 Å². The van der Waals surface area contributed by atoms with Crippen LogP contribution in [0.5, 0.6) is 0 Å². The summed E-state index contributed by atoms with van der Waals surface area (Å²) in [6.45, 7) is 12.6. The van der Waals surface area contributed by atoms with Gasteiger partial charge in [-0.2, -0.15) is 0 Å². The molecular formula is C13H28N2O. The second-order valence-electron chi connectivity index (χ2n) is 5.15. The number of β-amino-alcohol motifs (C(OH)–C–C–N with tert-alkyl or cyclic N) is 1. The Morgan fingerprint density at radius 3 is 2.19 bits per heavy atom. The quantitative estimate of drug-likeness (QED) is 0.747. The molecule has 1 aliphatic rings. The number of hydrogen-bond acceptors (Lipinski definition) is 3. The number of rotatable bonds is 6. The number of hydrogen-bond donors (Lipinski definition) is 1. The van der Waals surface area contributed by atoms with Crippen molar-refractivity contribution in [3.05, 3.63) is 0 Å². The van der Waals surface area contributed by atoms with Crippen molar-refractivity contribution in [2.24, 2.45) is 0 Å². The molecule has 0 saturated carbocycles. The Kier molecular flexibility index (Phi) is 5.73. The van der Waals surface area contributed by atoms with Crippen LogP contribution in [0.25, 0.3) is 0 Å². The van der Waals surface area contributed by atoms with Gasteiger partial charge in [-0.1, -0.05) is 20.3 Å². The van der Waals surface area contributed by atoms with Gasteiger partial charge >= 0.3 is 0 Å². The zero-order valence-electron chi connectivity index (χ0n) is 11.2. The van der Waals surface area contributed by atoms with E-state index in [1.54, 1.807) is 0 Å². The molecule has 1 atom stereocenters. The molecule has 0 aliphatic carbocycles. The Balaban J connectivity index is 2.44. The van der Waals surface area contributed by atoms with Crippen molar-refractivity contribution in [2.45, 2.75) is 45.6 Å². The fraction of sp³-hybridized carbons (Fsp3) is 1.00. The molecule has 3 nitrogen and oxygen atoms in total. The summed E-state index contributed by atoms with van der Waals surface area (Å²) in [7, 11) is 0. The molecule has 1 saturated heterocycles. The molecule has 16 heavy (non-hydrogen) atoms. The van der Waals surface area contributed by atoms with Crippen LogP contribution in [-0.2, 0) is 0 Å². The fourth-order valence-electron chi connectivity index (χ4n) is 2.75. The van der Waals surface area contributed by atoms with E-state index in [0.717, 1.165) is 32.7 Å². The van der Waals surface area contributed by atoms with Gasteiger partial charge in [0, 0.05) is 38.3 Å². The van der Waals surface area contributed by atoms with Crippen LogP contribution in [0.2, 0.25) is 0 Å². The number of aliphatic hydroxyl groups excluding tert-OH is 1. The lowest BCUT2D eigenvalue weighted by Gasteiger charge is -2.45. The lowest BCUT2D eigenvalue weighted by atomic mass is 9.90. The van der Waals surface area contributed by atoms with Gasteiger partial charge in [0.2, 0.25) is 0 Å². The molecule has 96 valence electrons. The molecule has 3 heteroatoms. The van der Waals surface area contributed by atoms with Gasteiger partial charge in [0.1, 0.15) is 0 Å².